The largest absolute Gasteiger partial charge is 0.322 e. The average molecular weight is 470 g/mol. The summed E-state index contributed by atoms with van der Waals surface area (Å²) in [4.78, 5) is 21.7. The van der Waals surface area contributed by atoms with Gasteiger partial charge in [0.05, 0.1) is 6.54 Å². The van der Waals surface area contributed by atoms with Gasteiger partial charge >= 0.3 is 0 Å². The minimum Gasteiger partial charge on any atom is -0.322 e. The molecule has 2 aliphatic rings. The van der Waals surface area contributed by atoms with E-state index in [9.17, 15) is 4.79 Å². The van der Waals surface area contributed by atoms with Gasteiger partial charge < -0.3 is 4.98 Å². The van der Waals surface area contributed by atoms with Crippen LogP contribution in [0.15, 0.2) is 53.3 Å². The van der Waals surface area contributed by atoms with Crippen LogP contribution in [0.2, 0.25) is 0 Å². The van der Waals surface area contributed by atoms with Crippen LogP contribution in [0, 0.1) is 13.8 Å². The molecular weight excluding hydrogens is 438 g/mol. The Morgan fingerprint density at radius 3 is 2.80 bits per heavy atom. The molecular formula is C27H31N7O. The monoisotopic (exact) mass is 469 g/mol. The van der Waals surface area contributed by atoms with Crippen LogP contribution in [0.25, 0.3) is 10.9 Å². The van der Waals surface area contributed by atoms with Crippen LogP contribution in [0.3, 0.4) is 0 Å². The van der Waals surface area contributed by atoms with Crippen molar-refractivity contribution < 1.29 is 0 Å². The Morgan fingerprint density at radius 1 is 1.09 bits per heavy atom. The number of nitrogens with one attached hydrogen (secondary N) is 1. The van der Waals surface area contributed by atoms with Gasteiger partial charge in [-0.15, -0.1) is 5.10 Å². The first-order chi connectivity index (χ1) is 17.1. The maximum Gasteiger partial charge on any atom is 0.253 e. The van der Waals surface area contributed by atoms with Crippen LogP contribution >= 0.6 is 0 Å². The van der Waals surface area contributed by atoms with E-state index in [1.54, 1.807) is 0 Å². The Bertz CT molecular complexity index is 1410. The quantitative estimate of drug-likeness (QED) is 0.484. The number of piperazine rings is 1. The number of fused-ring (bicyclic) bond motifs is 2. The van der Waals surface area contributed by atoms with Gasteiger partial charge in [0.1, 0.15) is 6.04 Å². The highest BCUT2D eigenvalue weighted by atomic mass is 16.1. The average Bonchev–Trinajstić information content (AvgIpc) is 3.50. The highest BCUT2D eigenvalue weighted by molar-refractivity contribution is 5.83. The summed E-state index contributed by atoms with van der Waals surface area (Å²) in [5.41, 5.74) is 4.93. The number of nitrogens with zero attached hydrogens (tertiary/aromatic N) is 6. The Labute approximate surface area is 204 Å². The van der Waals surface area contributed by atoms with E-state index in [1.165, 1.54) is 19.4 Å². The van der Waals surface area contributed by atoms with Gasteiger partial charge in [-0.3, -0.25) is 14.6 Å². The summed E-state index contributed by atoms with van der Waals surface area (Å²) in [6.07, 6.45) is 2.44. The van der Waals surface area contributed by atoms with E-state index in [0.717, 1.165) is 53.1 Å². The molecule has 4 aromatic rings. The Kier molecular flexibility index (Phi) is 5.70. The van der Waals surface area contributed by atoms with Crippen LogP contribution < -0.4 is 5.56 Å². The van der Waals surface area contributed by atoms with Gasteiger partial charge in [-0.25, -0.2) is 4.68 Å². The fourth-order valence-corrected chi connectivity index (χ4v) is 5.92. The lowest BCUT2D eigenvalue weighted by Gasteiger charge is -2.41. The van der Waals surface area contributed by atoms with E-state index in [2.05, 4.69) is 68.4 Å². The van der Waals surface area contributed by atoms with Crippen molar-refractivity contribution in [3.05, 3.63) is 87.0 Å². The van der Waals surface area contributed by atoms with E-state index in [1.807, 2.05) is 28.9 Å². The maximum atomic E-state index is 13.6. The number of H-pyrrole nitrogens is 1. The van der Waals surface area contributed by atoms with Crippen LogP contribution in [-0.4, -0.2) is 67.2 Å². The molecule has 2 atom stereocenters. The number of aryl methyl sites for hydroxylation is 2. The summed E-state index contributed by atoms with van der Waals surface area (Å²) in [7, 11) is 0. The maximum absolute atomic E-state index is 13.6. The molecule has 0 radical (unpaired) electrons. The molecule has 2 fully saturated rings. The molecule has 0 aliphatic carbocycles. The molecule has 2 saturated heterocycles. The van der Waals surface area contributed by atoms with Crippen molar-refractivity contribution in [3.8, 4) is 0 Å². The molecule has 8 heteroatoms. The predicted molar refractivity (Wildman–Crippen MR) is 135 cm³/mol. The number of hydrogen-bond acceptors (Lipinski definition) is 6. The Hall–Kier alpha value is -3.36. The number of tetrazole rings is 1. The van der Waals surface area contributed by atoms with Gasteiger partial charge in [-0.1, -0.05) is 36.4 Å². The summed E-state index contributed by atoms with van der Waals surface area (Å²) in [5, 5.41) is 14.0. The standard InChI is InChI=1S/C27H31N7O/c1-18-13-19(2)22-15-23(27(35)28-24(22)14-18)25(33-12-11-32-10-6-9-21(32)17-33)26-29-30-31-34(26)16-20-7-4-3-5-8-20/h3-5,7-8,13-15,21,25H,6,9-12,16-17H2,1-2H3,(H,28,35)/t21-,25-/m0/s1. The van der Waals surface area contributed by atoms with Gasteiger partial charge in [-0.2, -0.15) is 0 Å². The molecule has 2 aliphatic heterocycles. The summed E-state index contributed by atoms with van der Waals surface area (Å²) < 4.78 is 1.85. The van der Waals surface area contributed by atoms with Gasteiger partial charge in [0, 0.05) is 42.1 Å². The van der Waals surface area contributed by atoms with E-state index in [-0.39, 0.29) is 11.6 Å². The molecule has 0 saturated carbocycles. The molecule has 2 aromatic heterocycles. The molecule has 0 unspecified atom stereocenters. The van der Waals surface area contributed by atoms with Crippen molar-refractivity contribution in [3.63, 3.8) is 0 Å². The van der Waals surface area contributed by atoms with Gasteiger partial charge in [0.2, 0.25) is 0 Å². The third-order valence-corrected chi connectivity index (χ3v) is 7.60. The van der Waals surface area contributed by atoms with E-state index >= 15 is 0 Å². The van der Waals surface area contributed by atoms with Gasteiger partial charge in [-0.05, 0) is 72.5 Å². The lowest BCUT2D eigenvalue weighted by Crippen LogP contribution is -2.52. The third-order valence-electron chi connectivity index (χ3n) is 7.60. The van der Waals surface area contributed by atoms with Crippen molar-refractivity contribution in [2.75, 3.05) is 26.2 Å². The van der Waals surface area contributed by atoms with E-state index < -0.39 is 0 Å². The van der Waals surface area contributed by atoms with Crippen LogP contribution in [0.1, 0.15) is 47.0 Å². The van der Waals surface area contributed by atoms with Gasteiger partial charge in [0.15, 0.2) is 5.82 Å². The zero-order chi connectivity index (χ0) is 23.9. The molecule has 1 N–H and O–H groups in total. The molecule has 4 heterocycles. The number of pyridine rings is 1. The number of rotatable bonds is 5. The molecule has 0 amide bonds. The Balaban J connectivity index is 1.47. The number of aromatic amines is 1. The first-order valence-electron chi connectivity index (χ1n) is 12.5. The molecule has 8 nitrogen and oxygen atoms in total. The molecule has 35 heavy (non-hydrogen) atoms. The summed E-state index contributed by atoms with van der Waals surface area (Å²) >= 11 is 0. The second-order valence-electron chi connectivity index (χ2n) is 10.0. The zero-order valence-electron chi connectivity index (χ0n) is 20.3. The molecule has 180 valence electrons. The SMILES string of the molecule is Cc1cc(C)c2cc([C@@H](c3nnnn3Cc3ccccc3)N3CCN4CCC[C@H]4C3)c(=O)[nH]c2c1. The van der Waals surface area contributed by atoms with Crippen molar-refractivity contribution in [2.45, 2.75) is 45.3 Å². The third kappa shape index (κ3) is 4.17. The highest BCUT2D eigenvalue weighted by Crippen LogP contribution is 2.32. The normalized spacial score (nSPS) is 19.8. The molecule has 2 aromatic carbocycles. The topological polar surface area (TPSA) is 82.9 Å². The fourth-order valence-electron chi connectivity index (χ4n) is 5.92. The second kappa shape index (κ2) is 9.02. The van der Waals surface area contributed by atoms with Crippen molar-refractivity contribution in [1.29, 1.82) is 0 Å². The van der Waals surface area contributed by atoms with Crippen molar-refractivity contribution >= 4 is 10.9 Å². The predicted octanol–water partition coefficient (Wildman–Crippen LogP) is 3.05. The minimum absolute atomic E-state index is 0.0735. The number of hydrogen-bond donors (Lipinski definition) is 1. The minimum atomic E-state index is -0.315. The lowest BCUT2D eigenvalue weighted by molar-refractivity contribution is 0.0790. The molecule has 6 rings (SSSR count). The Morgan fingerprint density at radius 2 is 1.94 bits per heavy atom. The fraction of sp³-hybridized carbons (Fsp3) is 0.407. The first-order valence-corrected chi connectivity index (χ1v) is 12.5. The van der Waals surface area contributed by atoms with Crippen molar-refractivity contribution in [2.24, 2.45) is 0 Å². The summed E-state index contributed by atoms with van der Waals surface area (Å²) in [5.74, 6) is 0.718. The summed E-state index contributed by atoms with van der Waals surface area (Å²) in [6.45, 7) is 8.68. The highest BCUT2D eigenvalue weighted by Gasteiger charge is 2.37. The molecule has 0 bridgehead atoms. The first kappa shape index (κ1) is 22.1. The van der Waals surface area contributed by atoms with Crippen molar-refractivity contribution in [1.82, 2.24) is 35.0 Å². The van der Waals surface area contributed by atoms with Gasteiger partial charge in [0.25, 0.3) is 5.56 Å². The zero-order valence-corrected chi connectivity index (χ0v) is 20.3. The number of benzene rings is 2. The van der Waals surface area contributed by atoms with Crippen LogP contribution in [0.5, 0.6) is 0 Å². The summed E-state index contributed by atoms with van der Waals surface area (Å²) in [6, 6.07) is 16.7. The van der Waals surface area contributed by atoms with E-state index in [0.29, 0.717) is 18.2 Å². The van der Waals surface area contributed by atoms with E-state index in [4.69, 9.17) is 0 Å². The molecule has 0 spiro atoms. The van der Waals surface area contributed by atoms with Crippen LogP contribution in [0.4, 0.5) is 0 Å². The lowest BCUT2D eigenvalue weighted by atomic mass is 9.98. The van der Waals surface area contributed by atoms with Crippen LogP contribution in [-0.2, 0) is 6.54 Å². The second-order valence-corrected chi connectivity index (χ2v) is 10.0. The smallest absolute Gasteiger partial charge is 0.253 e. The number of aromatic nitrogens is 5.